The Morgan fingerprint density at radius 1 is 1.02 bits per heavy atom. The van der Waals surface area contributed by atoms with E-state index in [4.69, 9.17) is 21.1 Å². The normalized spacial score (nSPS) is 14.2. The summed E-state index contributed by atoms with van der Waals surface area (Å²) in [5, 5.41) is 4.76. The summed E-state index contributed by atoms with van der Waals surface area (Å²) in [4.78, 5) is 39.2. The minimum Gasteiger partial charge on any atom is -0.493 e. The van der Waals surface area contributed by atoms with Crippen LogP contribution in [0.1, 0.15) is 11.1 Å². The number of benzene rings is 4. The molecule has 5 rings (SSSR count). The van der Waals surface area contributed by atoms with Gasteiger partial charge in [-0.05, 0) is 92.7 Å². The molecule has 0 radical (unpaired) electrons. The molecular formula is C30H22ClIN2O5S. The molecule has 0 atom stereocenters. The van der Waals surface area contributed by atoms with Gasteiger partial charge in [-0.1, -0.05) is 60.1 Å². The standard InChI is InChI=1S/C30H22ClIN2O5S/c1-38-25-14-19(13-23(32)28(25)39-17-18-10-11-20-6-2-3-7-21(20)12-18)15-26-29(36)34(30(37)40-26)16-27(35)33-24-9-5-4-8-22(24)31/h2-15H,16-17H2,1H3,(H,33,35)/b26-15+. The molecule has 0 spiro atoms. The van der Waals surface area contributed by atoms with Gasteiger partial charge in [0, 0.05) is 0 Å². The van der Waals surface area contributed by atoms with Gasteiger partial charge in [0.25, 0.3) is 11.1 Å². The maximum atomic E-state index is 13.0. The Morgan fingerprint density at radius 3 is 2.55 bits per heavy atom. The quantitative estimate of drug-likeness (QED) is 0.154. The Balaban J connectivity index is 1.29. The second-order valence-corrected chi connectivity index (χ2v) is 11.4. The lowest BCUT2D eigenvalue weighted by molar-refractivity contribution is -0.127. The number of para-hydroxylation sites is 1. The first kappa shape index (κ1) is 28.0. The number of rotatable bonds is 8. The van der Waals surface area contributed by atoms with Gasteiger partial charge in [-0.15, -0.1) is 0 Å². The van der Waals surface area contributed by atoms with Crippen LogP contribution in [0.25, 0.3) is 16.8 Å². The van der Waals surface area contributed by atoms with Gasteiger partial charge < -0.3 is 14.8 Å². The van der Waals surface area contributed by atoms with Crippen LogP contribution in [0.4, 0.5) is 10.5 Å². The SMILES string of the molecule is COc1cc(/C=C2/SC(=O)N(CC(=O)Nc3ccccc3Cl)C2=O)cc(I)c1OCc1ccc2ccccc2c1. The molecule has 4 aromatic rings. The Kier molecular flexibility index (Phi) is 8.63. The van der Waals surface area contributed by atoms with Crippen LogP contribution in [0.3, 0.4) is 0 Å². The van der Waals surface area contributed by atoms with Gasteiger partial charge in [-0.25, -0.2) is 0 Å². The number of methoxy groups -OCH3 is 1. The van der Waals surface area contributed by atoms with Crippen LogP contribution in [0.5, 0.6) is 11.5 Å². The van der Waals surface area contributed by atoms with Crippen LogP contribution in [-0.2, 0) is 16.2 Å². The van der Waals surface area contributed by atoms with Gasteiger partial charge in [-0.2, -0.15) is 0 Å². The topological polar surface area (TPSA) is 84.9 Å². The van der Waals surface area contributed by atoms with Crippen molar-refractivity contribution in [2.24, 2.45) is 0 Å². The molecule has 40 heavy (non-hydrogen) atoms. The lowest BCUT2D eigenvalue weighted by Gasteiger charge is -2.14. The van der Waals surface area contributed by atoms with E-state index >= 15 is 0 Å². The first-order chi connectivity index (χ1) is 19.3. The van der Waals surface area contributed by atoms with E-state index < -0.39 is 23.6 Å². The van der Waals surface area contributed by atoms with Crippen LogP contribution >= 0.6 is 46.0 Å². The molecule has 1 aliphatic heterocycles. The van der Waals surface area contributed by atoms with E-state index in [9.17, 15) is 14.4 Å². The molecule has 1 saturated heterocycles. The van der Waals surface area contributed by atoms with Gasteiger partial charge in [0.15, 0.2) is 11.5 Å². The number of amides is 3. The second kappa shape index (κ2) is 12.3. The summed E-state index contributed by atoms with van der Waals surface area (Å²) in [6.07, 6.45) is 1.61. The van der Waals surface area contributed by atoms with Crippen LogP contribution < -0.4 is 14.8 Å². The predicted molar refractivity (Wildman–Crippen MR) is 167 cm³/mol. The van der Waals surface area contributed by atoms with Crippen molar-refractivity contribution in [1.29, 1.82) is 0 Å². The Bertz CT molecular complexity index is 1680. The smallest absolute Gasteiger partial charge is 0.294 e. The molecule has 3 amide bonds. The van der Waals surface area contributed by atoms with Gasteiger partial charge >= 0.3 is 0 Å². The number of halogens is 2. The number of nitrogens with one attached hydrogen (secondary N) is 1. The number of fused-ring (bicyclic) bond motifs is 1. The van der Waals surface area contributed by atoms with Crippen molar-refractivity contribution in [1.82, 2.24) is 4.90 Å². The lowest BCUT2D eigenvalue weighted by Crippen LogP contribution is -2.36. The van der Waals surface area contributed by atoms with E-state index in [1.165, 1.54) is 0 Å². The summed E-state index contributed by atoms with van der Waals surface area (Å²) in [6, 6.07) is 24.6. The highest BCUT2D eigenvalue weighted by atomic mass is 127. The number of carbonyl (C=O) groups excluding carboxylic acids is 3. The summed E-state index contributed by atoms with van der Waals surface area (Å²) >= 11 is 9.01. The highest BCUT2D eigenvalue weighted by molar-refractivity contribution is 14.1. The summed E-state index contributed by atoms with van der Waals surface area (Å²) in [5.74, 6) is 0.00531. The van der Waals surface area contributed by atoms with Crippen LogP contribution in [-0.4, -0.2) is 35.6 Å². The maximum absolute atomic E-state index is 13.0. The number of hydrogen-bond acceptors (Lipinski definition) is 6. The molecule has 10 heteroatoms. The summed E-state index contributed by atoms with van der Waals surface area (Å²) < 4.78 is 12.5. The average Bonchev–Trinajstić information content (AvgIpc) is 3.20. The number of carbonyl (C=O) groups is 3. The molecule has 1 aliphatic rings. The summed E-state index contributed by atoms with van der Waals surface area (Å²) in [6.45, 7) is -0.0681. The molecule has 4 aromatic carbocycles. The van der Waals surface area contributed by atoms with Crippen LogP contribution in [0.2, 0.25) is 5.02 Å². The largest absolute Gasteiger partial charge is 0.493 e. The van der Waals surface area contributed by atoms with E-state index in [0.29, 0.717) is 34.4 Å². The number of ether oxygens (including phenoxy) is 2. The van der Waals surface area contributed by atoms with Crippen LogP contribution in [0.15, 0.2) is 83.8 Å². The first-order valence-corrected chi connectivity index (χ1v) is 14.4. The van der Waals surface area contributed by atoms with Gasteiger partial charge in [-0.3, -0.25) is 19.3 Å². The number of thioether (sulfide) groups is 1. The van der Waals surface area contributed by atoms with E-state index in [1.54, 1.807) is 43.5 Å². The van der Waals surface area contributed by atoms with Gasteiger partial charge in [0.2, 0.25) is 5.91 Å². The Morgan fingerprint density at radius 2 is 1.77 bits per heavy atom. The number of anilines is 1. The van der Waals surface area contributed by atoms with Crippen molar-refractivity contribution in [2.45, 2.75) is 6.61 Å². The number of nitrogens with zero attached hydrogens (tertiary/aromatic N) is 1. The molecule has 0 unspecified atom stereocenters. The molecular weight excluding hydrogens is 663 g/mol. The third kappa shape index (κ3) is 6.27. The zero-order valence-electron chi connectivity index (χ0n) is 21.1. The van der Waals surface area contributed by atoms with Gasteiger partial charge in [0.05, 0.1) is 26.3 Å². The van der Waals surface area contributed by atoms with E-state index in [-0.39, 0.29) is 4.91 Å². The molecule has 0 saturated carbocycles. The minimum atomic E-state index is -0.546. The molecule has 7 nitrogen and oxygen atoms in total. The Labute approximate surface area is 253 Å². The fraction of sp³-hybridized carbons (Fsp3) is 0.100. The molecule has 0 aromatic heterocycles. The van der Waals surface area contributed by atoms with E-state index in [0.717, 1.165) is 36.6 Å². The van der Waals surface area contributed by atoms with Crippen molar-refractivity contribution in [2.75, 3.05) is 19.0 Å². The molecule has 1 N–H and O–H groups in total. The molecule has 0 bridgehead atoms. The zero-order chi connectivity index (χ0) is 28.2. The van der Waals surface area contributed by atoms with Crippen molar-refractivity contribution in [3.05, 3.63) is 103 Å². The van der Waals surface area contributed by atoms with Crippen molar-refractivity contribution in [3.8, 4) is 11.5 Å². The van der Waals surface area contributed by atoms with Gasteiger partial charge in [0.1, 0.15) is 13.2 Å². The molecule has 1 fully saturated rings. The highest BCUT2D eigenvalue weighted by Gasteiger charge is 2.36. The first-order valence-electron chi connectivity index (χ1n) is 12.1. The minimum absolute atomic E-state index is 0.207. The average molecular weight is 685 g/mol. The monoisotopic (exact) mass is 684 g/mol. The van der Waals surface area contributed by atoms with Crippen molar-refractivity contribution in [3.63, 3.8) is 0 Å². The van der Waals surface area contributed by atoms with E-state index in [2.05, 4.69) is 52.2 Å². The predicted octanol–water partition coefficient (Wildman–Crippen LogP) is 7.36. The molecule has 202 valence electrons. The fourth-order valence-corrected chi connectivity index (χ4v) is 5.93. The third-order valence-electron chi connectivity index (χ3n) is 6.07. The summed E-state index contributed by atoms with van der Waals surface area (Å²) in [5.41, 5.74) is 2.08. The maximum Gasteiger partial charge on any atom is 0.294 e. The van der Waals surface area contributed by atoms with Crippen LogP contribution in [0, 0.1) is 3.57 Å². The number of hydrogen-bond donors (Lipinski definition) is 1. The zero-order valence-corrected chi connectivity index (χ0v) is 24.9. The second-order valence-electron chi connectivity index (χ2n) is 8.80. The summed E-state index contributed by atoms with van der Waals surface area (Å²) in [7, 11) is 1.55. The van der Waals surface area contributed by atoms with E-state index in [1.807, 2.05) is 24.3 Å². The van der Waals surface area contributed by atoms with Crippen molar-refractivity contribution < 1.29 is 23.9 Å². The highest BCUT2D eigenvalue weighted by Crippen LogP contribution is 2.38. The van der Waals surface area contributed by atoms with Crippen molar-refractivity contribution >= 4 is 85.5 Å². The lowest BCUT2D eigenvalue weighted by atomic mass is 10.1. The molecule has 1 heterocycles. The number of imide groups is 1. The third-order valence-corrected chi connectivity index (χ3v) is 8.11. The Hall–Kier alpha value is -3.54. The molecule has 0 aliphatic carbocycles. The fourth-order valence-electron chi connectivity index (χ4n) is 4.13.